The van der Waals surface area contributed by atoms with Crippen LogP contribution in [0.3, 0.4) is 0 Å². The van der Waals surface area contributed by atoms with Gasteiger partial charge < -0.3 is 10.2 Å². The molecule has 2 N–H and O–H groups in total. The second-order valence-electron chi connectivity index (χ2n) is 5.95. The van der Waals surface area contributed by atoms with Crippen molar-refractivity contribution in [2.24, 2.45) is 5.92 Å². The summed E-state index contributed by atoms with van der Waals surface area (Å²) in [7, 11) is 0. The van der Waals surface area contributed by atoms with E-state index in [4.69, 9.17) is 4.84 Å². The molecule has 2 aromatic carbocycles. The highest BCUT2D eigenvalue weighted by Crippen LogP contribution is 2.46. The van der Waals surface area contributed by atoms with Gasteiger partial charge in [-0.1, -0.05) is 42.5 Å². The first kappa shape index (κ1) is 13.8. The molecule has 0 spiro atoms. The average molecular weight is 297 g/mol. The quantitative estimate of drug-likeness (QED) is 0.891. The van der Waals surface area contributed by atoms with E-state index in [-0.39, 0.29) is 31.3 Å². The van der Waals surface area contributed by atoms with Crippen LogP contribution < -0.4 is 5.06 Å². The Morgan fingerprint density at radius 3 is 2.45 bits per heavy atom. The van der Waals surface area contributed by atoms with Gasteiger partial charge in [-0.2, -0.15) is 0 Å². The second kappa shape index (κ2) is 5.39. The molecular weight excluding hydrogens is 278 g/mol. The Labute approximate surface area is 129 Å². The van der Waals surface area contributed by atoms with Gasteiger partial charge in [-0.05, 0) is 29.2 Å². The van der Waals surface area contributed by atoms with E-state index in [0.717, 1.165) is 12.1 Å². The Kier molecular flexibility index (Phi) is 3.37. The van der Waals surface area contributed by atoms with Crippen LogP contribution in [0.15, 0.2) is 48.5 Å². The summed E-state index contributed by atoms with van der Waals surface area (Å²) >= 11 is 0. The van der Waals surface area contributed by atoms with Crippen LogP contribution >= 0.6 is 0 Å². The maximum absolute atomic E-state index is 9.85. The minimum Gasteiger partial charge on any atom is -0.396 e. The number of hydrogen-bond donors (Lipinski definition) is 2. The molecule has 4 rings (SSSR count). The summed E-state index contributed by atoms with van der Waals surface area (Å²) < 4.78 is 0. The molecule has 114 valence electrons. The van der Waals surface area contributed by atoms with Gasteiger partial charge >= 0.3 is 0 Å². The lowest BCUT2D eigenvalue weighted by Gasteiger charge is -2.26. The summed E-state index contributed by atoms with van der Waals surface area (Å²) in [6.45, 7) is -0.106. The number of anilines is 1. The molecule has 0 radical (unpaired) electrons. The molecule has 0 aromatic heterocycles. The zero-order chi connectivity index (χ0) is 15.1. The predicted molar refractivity (Wildman–Crippen MR) is 83.4 cm³/mol. The first-order valence-electron chi connectivity index (χ1n) is 7.67. The Hall–Kier alpha value is -1.88. The van der Waals surface area contributed by atoms with Crippen molar-refractivity contribution in [1.82, 2.24) is 0 Å². The standard InChI is InChI=1S/C18H19NO3/c20-10-15-17(11-21)22-19-16-8-4-2-6-13(16)9-12-5-1-3-7-14(12)18(15)19/h1-8,15,17-18,20-21H,9-11H2/t15-,17+,18-/m0/s1. The molecule has 0 bridgehead atoms. The van der Waals surface area contributed by atoms with Gasteiger partial charge in [-0.3, -0.25) is 4.84 Å². The van der Waals surface area contributed by atoms with Gasteiger partial charge in [0.2, 0.25) is 0 Å². The summed E-state index contributed by atoms with van der Waals surface area (Å²) in [5.41, 5.74) is 4.66. The number of para-hydroxylation sites is 1. The van der Waals surface area contributed by atoms with Gasteiger partial charge in [0.15, 0.2) is 0 Å². The Bertz CT molecular complexity index is 688. The molecule has 2 aromatic rings. The molecule has 0 unspecified atom stereocenters. The highest BCUT2D eigenvalue weighted by atomic mass is 16.7. The number of hydroxylamine groups is 1. The molecule has 1 saturated heterocycles. The van der Waals surface area contributed by atoms with Crippen molar-refractivity contribution in [1.29, 1.82) is 0 Å². The lowest BCUT2D eigenvalue weighted by Crippen LogP contribution is -2.27. The zero-order valence-electron chi connectivity index (χ0n) is 12.2. The third-order valence-electron chi connectivity index (χ3n) is 4.76. The third-order valence-corrected chi connectivity index (χ3v) is 4.76. The molecule has 2 heterocycles. The molecule has 0 amide bonds. The topological polar surface area (TPSA) is 52.9 Å². The normalized spacial score (nSPS) is 26.1. The van der Waals surface area contributed by atoms with Crippen LogP contribution in [0.25, 0.3) is 0 Å². The van der Waals surface area contributed by atoms with Crippen LogP contribution in [-0.2, 0) is 11.3 Å². The van der Waals surface area contributed by atoms with Crippen LogP contribution in [0.5, 0.6) is 0 Å². The predicted octanol–water partition coefficient (Wildman–Crippen LogP) is 2.05. The van der Waals surface area contributed by atoms with Crippen molar-refractivity contribution in [2.45, 2.75) is 18.6 Å². The minimum atomic E-state index is -0.380. The summed E-state index contributed by atoms with van der Waals surface area (Å²) in [5, 5.41) is 21.4. The fourth-order valence-electron chi connectivity index (χ4n) is 3.68. The maximum atomic E-state index is 9.85. The fraction of sp³-hybridized carbons (Fsp3) is 0.333. The fourth-order valence-corrected chi connectivity index (χ4v) is 3.68. The van der Waals surface area contributed by atoms with E-state index in [0.29, 0.717) is 0 Å². The molecule has 2 aliphatic rings. The monoisotopic (exact) mass is 297 g/mol. The van der Waals surface area contributed by atoms with E-state index < -0.39 is 0 Å². The van der Waals surface area contributed by atoms with E-state index in [1.807, 2.05) is 35.4 Å². The molecule has 0 saturated carbocycles. The number of benzene rings is 2. The molecule has 0 aliphatic carbocycles. The van der Waals surface area contributed by atoms with Crippen molar-refractivity contribution in [2.75, 3.05) is 18.3 Å². The summed E-state index contributed by atoms with van der Waals surface area (Å²) in [4.78, 5) is 6.00. The van der Waals surface area contributed by atoms with Crippen LogP contribution in [-0.4, -0.2) is 29.5 Å². The van der Waals surface area contributed by atoms with Gasteiger partial charge in [0.1, 0.15) is 6.10 Å². The van der Waals surface area contributed by atoms with E-state index >= 15 is 0 Å². The Morgan fingerprint density at radius 2 is 1.68 bits per heavy atom. The average Bonchev–Trinajstić information content (AvgIpc) is 2.87. The van der Waals surface area contributed by atoms with Crippen LogP contribution in [0.1, 0.15) is 22.7 Å². The number of aliphatic hydroxyl groups is 2. The van der Waals surface area contributed by atoms with E-state index in [1.165, 1.54) is 16.7 Å². The largest absolute Gasteiger partial charge is 0.396 e. The molecule has 22 heavy (non-hydrogen) atoms. The molecule has 1 fully saturated rings. The number of hydrogen-bond acceptors (Lipinski definition) is 4. The molecule has 2 aliphatic heterocycles. The lowest BCUT2D eigenvalue weighted by molar-refractivity contribution is 0.0150. The summed E-state index contributed by atoms with van der Waals surface area (Å²) in [5.74, 6) is -0.141. The summed E-state index contributed by atoms with van der Waals surface area (Å²) in [6, 6.07) is 16.4. The summed E-state index contributed by atoms with van der Waals surface area (Å²) in [6.07, 6.45) is 0.471. The molecular formula is C18H19NO3. The highest BCUT2D eigenvalue weighted by molar-refractivity contribution is 5.59. The minimum absolute atomic E-state index is 0.0110. The Morgan fingerprint density at radius 1 is 0.955 bits per heavy atom. The maximum Gasteiger partial charge on any atom is 0.116 e. The van der Waals surface area contributed by atoms with Gasteiger partial charge in [0, 0.05) is 5.92 Å². The smallest absolute Gasteiger partial charge is 0.116 e. The molecule has 4 nitrogen and oxygen atoms in total. The first-order valence-corrected chi connectivity index (χ1v) is 7.67. The van der Waals surface area contributed by atoms with Crippen molar-refractivity contribution in [3.63, 3.8) is 0 Å². The number of nitrogens with zero attached hydrogens (tertiary/aromatic N) is 1. The Balaban J connectivity index is 1.92. The number of fused-ring (bicyclic) bond motifs is 5. The zero-order valence-corrected chi connectivity index (χ0v) is 12.2. The van der Waals surface area contributed by atoms with Crippen molar-refractivity contribution in [3.8, 4) is 0 Å². The van der Waals surface area contributed by atoms with Crippen molar-refractivity contribution < 1.29 is 15.1 Å². The second-order valence-corrected chi connectivity index (χ2v) is 5.95. The first-order chi connectivity index (χ1) is 10.8. The van der Waals surface area contributed by atoms with Gasteiger partial charge in [-0.15, -0.1) is 0 Å². The third kappa shape index (κ3) is 1.96. The lowest BCUT2D eigenvalue weighted by atomic mass is 9.87. The van der Waals surface area contributed by atoms with Gasteiger partial charge in [0.25, 0.3) is 0 Å². The molecule has 4 heteroatoms. The van der Waals surface area contributed by atoms with E-state index in [2.05, 4.69) is 18.2 Å². The van der Waals surface area contributed by atoms with Crippen molar-refractivity contribution in [3.05, 3.63) is 65.2 Å². The SMILES string of the molecule is OC[C@H]1[C@@H](CO)ON2c3ccccc3Cc3ccccc3[C@@H]12. The number of rotatable bonds is 2. The van der Waals surface area contributed by atoms with Crippen LogP contribution in [0, 0.1) is 5.92 Å². The van der Waals surface area contributed by atoms with Crippen LogP contribution in [0.2, 0.25) is 0 Å². The highest BCUT2D eigenvalue weighted by Gasteiger charge is 2.46. The van der Waals surface area contributed by atoms with Crippen LogP contribution in [0.4, 0.5) is 5.69 Å². The van der Waals surface area contributed by atoms with E-state index in [1.54, 1.807) is 0 Å². The van der Waals surface area contributed by atoms with Gasteiger partial charge in [-0.25, -0.2) is 5.06 Å². The number of aliphatic hydroxyl groups excluding tert-OH is 2. The van der Waals surface area contributed by atoms with E-state index in [9.17, 15) is 10.2 Å². The van der Waals surface area contributed by atoms with Crippen molar-refractivity contribution >= 4 is 5.69 Å². The molecule has 3 atom stereocenters. The van der Waals surface area contributed by atoms with Gasteiger partial charge in [0.05, 0.1) is 24.9 Å².